The van der Waals surface area contributed by atoms with E-state index in [2.05, 4.69) is 9.97 Å². The molecule has 13 heavy (non-hydrogen) atoms. The number of nitrogens with zero attached hydrogens (tertiary/aromatic N) is 3. The largest absolute Gasteiger partial charge is 0.284 e. The molecule has 0 saturated heterocycles. The van der Waals surface area contributed by atoms with E-state index in [1.165, 1.54) is 4.90 Å². The van der Waals surface area contributed by atoms with Gasteiger partial charge in [-0.3, -0.25) is 9.69 Å². The summed E-state index contributed by atoms with van der Waals surface area (Å²) in [5.74, 6) is 0.833. The molecule has 2 rings (SSSR count). The van der Waals surface area contributed by atoms with Crippen LogP contribution in [0.3, 0.4) is 0 Å². The van der Waals surface area contributed by atoms with Crippen LogP contribution in [-0.4, -0.2) is 22.9 Å². The first-order valence-corrected chi connectivity index (χ1v) is 4.33. The predicted molar refractivity (Wildman–Crippen MR) is 48.2 cm³/mol. The van der Waals surface area contributed by atoms with E-state index in [1.54, 1.807) is 25.5 Å². The van der Waals surface area contributed by atoms with E-state index in [0.29, 0.717) is 5.95 Å². The van der Waals surface area contributed by atoms with Crippen molar-refractivity contribution in [1.82, 2.24) is 9.97 Å². The summed E-state index contributed by atoms with van der Waals surface area (Å²) in [6.07, 6.45) is 5.30. The third-order valence-electron chi connectivity index (χ3n) is 2.11. The molecule has 1 aromatic heterocycles. The van der Waals surface area contributed by atoms with Gasteiger partial charge in [0.1, 0.15) is 0 Å². The Morgan fingerprint density at radius 2 is 2.08 bits per heavy atom. The van der Waals surface area contributed by atoms with Crippen molar-refractivity contribution in [2.45, 2.75) is 12.8 Å². The quantitative estimate of drug-likeness (QED) is 0.672. The van der Waals surface area contributed by atoms with Gasteiger partial charge < -0.3 is 0 Å². The second-order valence-corrected chi connectivity index (χ2v) is 3.22. The molecule has 0 aromatic carbocycles. The van der Waals surface area contributed by atoms with Gasteiger partial charge in [0.25, 0.3) is 0 Å². The Bertz CT molecular complexity index is 308. The van der Waals surface area contributed by atoms with Gasteiger partial charge in [-0.05, 0) is 18.9 Å². The van der Waals surface area contributed by atoms with Crippen molar-refractivity contribution in [1.29, 1.82) is 0 Å². The van der Waals surface area contributed by atoms with Crippen molar-refractivity contribution < 1.29 is 4.79 Å². The molecule has 0 spiro atoms. The summed E-state index contributed by atoms with van der Waals surface area (Å²) in [5, 5.41) is 0. The topological polar surface area (TPSA) is 46.1 Å². The molecule has 1 aliphatic rings. The first-order valence-electron chi connectivity index (χ1n) is 4.33. The smallest absolute Gasteiger partial charge is 0.232 e. The minimum atomic E-state index is 0.131. The standard InChI is InChI=1S/C9H11N3O/c1-12(8(13)7-3-4-7)9-10-5-2-6-11-9/h2,5-7H,3-4H2,1H3. The van der Waals surface area contributed by atoms with Crippen molar-refractivity contribution in [3.8, 4) is 0 Å². The molecule has 4 heteroatoms. The van der Waals surface area contributed by atoms with Crippen LogP contribution in [0.25, 0.3) is 0 Å². The number of carbonyl (C=O) groups excluding carboxylic acids is 1. The molecule has 1 saturated carbocycles. The molecule has 1 aromatic rings. The number of hydrogen-bond acceptors (Lipinski definition) is 3. The summed E-state index contributed by atoms with van der Waals surface area (Å²) in [5.41, 5.74) is 0. The highest BCUT2D eigenvalue weighted by molar-refractivity contribution is 5.94. The van der Waals surface area contributed by atoms with E-state index in [0.717, 1.165) is 12.8 Å². The summed E-state index contributed by atoms with van der Waals surface area (Å²) < 4.78 is 0. The molecule has 1 fully saturated rings. The van der Waals surface area contributed by atoms with Crippen LogP contribution in [0.15, 0.2) is 18.5 Å². The zero-order chi connectivity index (χ0) is 9.26. The van der Waals surface area contributed by atoms with Gasteiger partial charge in [-0.25, -0.2) is 9.97 Å². The second kappa shape index (κ2) is 3.12. The van der Waals surface area contributed by atoms with Crippen LogP contribution in [0.4, 0.5) is 5.95 Å². The van der Waals surface area contributed by atoms with Crippen LogP contribution < -0.4 is 4.90 Å². The van der Waals surface area contributed by atoms with Crippen LogP contribution in [0, 0.1) is 5.92 Å². The summed E-state index contributed by atoms with van der Waals surface area (Å²) >= 11 is 0. The van der Waals surface area contributed by atoms with E-state index in [1.807, 2.05) is 0 Å². The van der Waals surface area contributed by atoms with Crippen LogP contribution in [-0.2, 0) is 4.79 Å². The van der Waals surface area contributed by atoms with Gasteiger partial charge in [-0.2, -0.15) is 0 Å². The highest BCUT2D eigenvalue weighted by Gasteiger charge is 2.33. The first-order chi connectivity index (χ1) is 6.29. The zero-order valence-corrected chi connectivity index (χ0v) is 7.47. The van der Waals surface area contributed by atoms with E-state index in [4.69, 9.17) is 0 Å². The predicted octanol–water partition coefficient (Wildman–Crippen LogP) is 0.849. The molecule has 0 bridgehead atoms. The monoisotopic (exact) mass is 177 g/mol. The van der Waals surface area contributed by atoms with Crippen LogP contribution in [0.2, 0.25) is 0 Å². The Morgan fingerprint density at radius 1 is 1.46 bits per heavy atom. The number of aromatic nitrogens is 2. The Kier molecular flexibility index (Phi) is 1.96. The van der Waals surface area contributed by atoms with Gasteiger partial charge in [0.2, 0.25) is 11.9 Å². The third-order valence-corrected chi connectivity index (χ3v) is 2.11. The normalized spacial score (nSPS) is 15.5. The van der Waals surface area contributed by atoms with Crippen molar-refractivity contribution in [3.63, 3.8) is 0 Å². The van der Waals surface area contributed by atoms with Gasteiger partial charge >= 0.3 is 0 Å². The Labute approximate surface area is 76.6 Å². The number of anilines is 1. The fraction of sp³-hybridized carbons (Fsp3) is 0.444. The lowest BCUT2D eigenvalue weighted by molar-refractivity contribution is -0.119. The van der Waals surface area contributed by atoms with Gasteiger partial charge in [0.05, 0.1) is 0 Å². The Morgan fingerprint density at radius 3 is 2.62 bits per heavy atom. The maximum Gasteiger partial charge on any atom is 0.232 e. The summed E-state index contributed by atoms with van der Waals surface area (Å²) in [4.78, 5) is 21.1. The minimum Gasteiger partial charge on any atom is -0.284 e. The van der Waals surface area contributed by atoms with Gasteiger partial charge in [0, 0.05) is 25.4 Å². The number of rotatable bonds is 2. The van der Waals surface area contributed by atoms with E-state index >= 15 is 0 Å². The maximum atomic E-state index is 11.6. The van der Waals surface area contributed by atoms with Crippen molar-refractivity contribution in [3.05, 3.63) is 18.5 Å². The molecule has 0 N–H and O–H groups in total. The van der Waals surface area contributed by atoms with E-state index in [-0.39, 0.29) is 11.8 Å². The molecule has 1 heterocycles. The van der Waals surface area contributed by atoms with Gasteiger partial charge in [-0.15, -0.1) is 0 Å². The molecule has 1 aliphatic carbocycles. The molecule has 68 valence electrons. The van der Waals surface area contributed by atoms with Gasteiger partial charge in [0.15, 0.2) is 0 Å². The molecule has 0 radical (unpaired) electrons. The fourth-order valence-electron chi connectivity index (χ4n) is 1.17. The first kappa shape index (κ1) is 8.16. The summed E-state index contributed by atoms with van der Waals surface area (Å²) in [6, 6.07) is 1.74. The lowest BCUT2D eigenvalue weighted by Gasteiger charge is -2.13. The third kappa shape index (κ3) is 1.66. The average molecular weight is 177 g/mol. The highest BCUT2D eigenvalue weighted by atomic mass is 16.2. The molecule has 0 unspecified atom stereocenters. The molecule has 0 aliphatic heterocycles. The summed E-state index contributed by atoms with van der Waals surface area (Å²) in [6.45, 7) is 0. The number of carbonyl (C=O) groups is 1. The Hall–Kier alpha value is -1.45. The molecular weight excluding hydrogens is 166 g/mol. The van der Waals surface area contributed by atoms with Crippen LogP contribution in [0.1, 0.15) is 12.8 Å². The van der Waals surface area contributed by atoms with E-state index in [9.17, 15) is 4.79 Å². The molecular formula is C9H11N3O. The lowest BCUT2D eigenvalue weighted by atomic mass is 10.4. The average Bonchev–Trinajstić information content (AvgIpc) is 3.00. The SMILES string of the molecule is CN(C(=O)C1CC1)c1ncccn1. The lowest BCUT2D eigenvalue weighted by Crippen LogP contribution is -2.29. The second-order valence-electron chi connectivity index (χ2n) is 3.22. The van der Waals surface area contributed by atoms with E-state index < -0.39 is 0 Å². The van der Waals surface area contributed by atoms with Crippen LogP contribution in [0.5, 0.6) is 0 Å². The highest BCUT2D eigenvalue weighted by Crippen LogP contribution is 2.31. The molecule has 0 atom stereocenters. The number of amides is 1. The van der Waals surface area contributed by atoms with Crippen molar-refractivity contribution in [2.75, 3.05) is 11.9 Å². The zero-order valence-electron chi connectivity index (χ0n) is 7.47. The van der Waals surface area contributed by atoms with Gasteiger partial charge in [-0.1, -0.05) is 0 Å². The maximum absolute atomic E-state index is 11.6. The fourth-order valence-corrected chi connectivity index (χ4v) is 1.17. The van der Waals surface area contributed by atoms with Crippen LogP contribution >= 0.6 is 0 Å². The van der Waals surface area contributed by atoms with Crippen molar-refractivity contribution in [2.24, 2.45) is 5.92 Å². The Balaban J connectivity index is 2.12. The molecule has 4 nitrogen and oxygen atoms in total. The minimum absolute atomic E-state index is 0.131. The van der Waals surface area contributed by atoms with Crippen molar-refractivity contribution >= 4 is 11.9 Å². The molecule has 1 amide bonds. The number of hydrogen-bond donors (Lipinski definition) is 0. The summed E-state index contributed by atoms with van der Waals surface area (Å²) in [7, 11) is 1.72.